The molecule has 2 N–H and O–H groups in total. The van der Waals surface area contributed by atoms with Gasteiger partial charge in [0.2, 0.25) is 5.91 Å². The van der Waals surface area contributed by atoms with Crippen molar-refractivity contribution in [1.29, 1.82) is 0 Å². The van der Waals surface area contributed by atoms with Crippen LogP contribution in [0.3, 0.4) is 0 Å². The van der Waals surface area contributed by atoms with E-state index in [-0.39, 0.29) is 36.6 Å². The summed E-state index contributed by atoms with van der Waals surface area (Å²) in [6.45, 7) is 1.83. The Labute approximate surface area is 166 Å². The minimum absolute atomic E-state index is 0.143. The van der Waals surface area contributed by atoms with Crippen LogP contribution in [-0.2, 0) is 9.59 Å². The molecule has 0 radical (unpaired) electrons. The quantitative estimate of drug-likeness (QED) is 0.759. The number of hydrogen-bond donors (Lipinski definition) is 2. The fraction of sp³-hybridized carbons (Fsp3) is 0.238. The fourth-order valence-electron chi connectivity index (χ4n) is 3.35. The Morgan fingerprint density at radius 3 is 2.48 bits per heavy atom. The van der Waals surface area contributed by atoms with E-state index in [0.717, 1.165) is 0 Å². The fourth-order valence-corrected chi connectivity index (χ4v) is 3.35. The Morgan fingerprint density at radius 2 is 1.79 bits per heavy atom. The second kappa shape index (κ2) is 7.38. The van der Waals surface area contributed by atoms with Gasteiger partial charge >= 0.3 is 0 Å². The number of carbonyl (C=O) groups is 4. The molecule has 1 atom stereocenters. The molecule has 8 nitrogen and oxygen atoms in total. The topological polar surface area (TPSA) is 105 Å². The SMILES string of the molecule is CC1Oc2ccc(NC(=O)CCCN3C(=O)c4ccccc4C3=O)cc2NC1=O. The van der Waals surface area contributed by atoms with Gasteiger partial charge < -0.3 is 15.4 Å². The van der Waals surface area contributed by atoms with Crippen molar-refractivity contribution in [3.05, 3.63) is 53.6 Å². The van der Waals surface area contributed by atoms with E-state index < -0.39 is 6.10 Å². The van der Waals surface area contributed by atoms with Crippen LogP contribution < -0.4 is 15.4 Å². The van der Waals surface area contributed by atoms with Crippen LogP contribution >= 0.6 is 0 Å². The highest BCUT2D eigenvalue weighted by Gasteiger charge is 2.34. The molecule has 4 rings (SSSR count). The standard InChI is InChI=1S/C21H19N3O5/c1-12-19(26)23-16-11-13(8-9-17(16)29-12)22-18(25)7-4-10-24-20(27)14-5-2-3-6-15(14)21(24)28/h2-3,5-6,8-9,11-12H,4,7,10H2,1H3,(H,22,25)(H,23,26). The number of anilines is 2. The van der Waals surface area contributed by atoms with Crippen molar-refractivity contribution < 1.29 is 23.9 Å². The van der Waals surface area contributed by atoms with Gasteiger partial charge in [-0.2, -0.15) is 0 Å². The van der Waals surface area contributed by atoms with Gasteiger partial charge in [0.1, 0.15) is 5.75 Å². The van der Waals surface area contributed by atoms with E-state index in [1.807, 2.05) is 0 Å². The molecule has 2 heterocycles. The van der Waals surface area contributed by atoms with E-state index in [1.165, 1.54) is 4.90 Å². The first-order chi connectivity index (χ1) is 13.9. The number of nitrogens with one attached hydrogen (secondary N) is 2. The third-order valence-corrected chi connectivity index (χ3v) is 4.86. The third-order valence-electron chi connectivity index (χ3n) is 4.86. The molecule has 0 bridgehead atoms. The first-order valence-electron chi connectivity index (χ1n) is 9.30. The summed E-state index contributed by atoms with van der Waals surface area (Å²) in [5.41, 5.74) is 1.81. The van der Waals surface area contributed by atoms with E-state index in [4.69, 9.17) is 4.74 Å². The number of ether oxygens (including phenoxy) is 1. The largest absolute Gasteiger partial charge is 0.479 e. The molecule has 0 spiro atoms. The van der Waals surface area contributed by atoms with Crippen molar-refractivity contribution in [3.8, 4) is 5.75 Å². The normalized spacial score (nSPS) is 17.3. The van der Waals surface area contributed by atoms with Gasteiger partial charge in [-0.15, -0.1) is 0 Å². The lowest BCUT2D eigenvalue weighted by Gasteiger charge is -2.23. The number of benzene rings is 2. The molecule has 0 saturated carbocycles. The Bertz CT molecular complexity index is 998. The predicted molar refractivity (Wildman–Crippen MR) is 105 cm³/mol. The van der Waals surface area contributed by atoms with Gasteiger partial charge in [-0.25, -0.2) is 0 Å². The summed E-state index contributed by atoms with van der Waals surface area (Å²) >= 11 is 0. The van der Waals surface area contributed by atoms with E-state index in [9.17, 15) is 19.2 Å². The lowest BCUT2D eigenvalue weighted by Crippen LogP contribution is -2.34. The van der Waals surface area contributed by atoms with Crippen LogP contribution in [0.5, 0.6) is 5.75 Å². The molecule has 0 aliphatic carbocycles. The van der Waals surface area contributed by atoms with Gasteiger partial charge in [0.05, 0.1) is 16.8 Å². The molecule has 2 aromatic carbocycles. The molecule has 8 heteroatoms. The van der Waals surface area contributed by atoms with Crippen LogP contribution in [0.25, 0.3) is 0 Å². The molecule has 0 fully saturated rings. The lowest BCUT2D eigenvalue weighted by atomic mass is 10.1. The second-order valence-corrected chi connectivity index (χ2v) is 6.92. The van der Waals surface area contributed by atoms with Gasteiger partial charge in [0.25, 0.3) is 17.7 Å². The summed E-state index contributed by atoms with van der Waals surface area (Å²) in [4.78, 5) is 49.8. The Hall–Kier alpha value is -3.68. The van der Waals surface area contributed by atoms with Crippen molar-refractivity contribution in [3.63, 3.8) is 0 Å². The Kier molecular flexibility index (Phi) is 4.75. The van der Waals surface area contributed by atoms with Gasteiger partial charge in [0.15, 0.2) is 6.10 Å². The average Bonchev–Trinajstić information content (AvgIpc) is 2.94. The predicted octanol–water partition coefficient (Wildman–Crippen LogP) is 2.42. The van der Waals surface area contributed by atoms with Gasteiger partial charge in [0, 0.05) is 18.7 Å². The molecule has 2 aliphatic heterocycles. The lowest BCUT2D eigenvalue weighted by molar-refractivity contribution is -0.122. The molecular weight excluding hydrogens is 374 g/mol. The number of amides is 4. The summed E-state index contributed by atoms with van der Waals surface area (Å²) in [7, 11) is 0. The molecule has 2 aliphatic rings. The smallest absolute Gasteiger partial charge is 0.265 e. The van der Waals surface area contributed by atoms with Crippen molar-refractivity contribution in [2.75, 3.05) is 17.2 Å². The number of hydrogen-bond acceptors (Lipinski definition) is 5. The van der Waals surface area contributed by atoms with Crippen LogP contribution in [0, 0.1) is 0 Å². The zero-order valence-corrected chi connectivity index (χ0v) is 15.7. The summed E-state index contributed by atoms with van der Waals surface area (Å²) in [5.74, 6) is -0.614. The van der Waals surface area contributed by atoms with E-state index in [1.54, 1.807) is 49.4 Å². The highest BCUT2D eigenvalue weighted by molar-refractivity contribution is 6.21. The van der Waals surface area contributed by atoms with Crippen molar-refractivity contribution in [1.82, 2.24) is 4.90 Å². The maximum Gasteiger partial charge on any atom is 0.265 e. The number of fused-ring (bicyclic) bond motifs is 2. The molecule has 2 aromatic rings. The minimum atomic E-state index is -0.565. The van der Waals surface area contributed by atoms with Crippen molar-refractivity contribution in [2.24, 2.45) is 0 Å². The average molecular weight is 393 g/mol. The Morgan fingerprint density at radius 1 is 1.10 bits per heavy atom. The van der Waals surface area contributed by atoms with Crippen LogP contribution in [-0.4, -0.2) is 41.2 Å². The van der Waals surface area contributed by atoms with Crippen molar-refractivity contribution >= 4 is 35.0 Å². The monoisotopic (exact) mass is 393 g/mol. The summed E-state index contributed by atoms with van der Waals surface area (Å²) in [6, 6.07) is 11.7. The zero-order valence-electron chi connectivity index (χ0n) is 15.7. The van der Waals surface area contributed by atoms with Crippen LogP contribution in [0.1, 0.15) is 40.5 Å². The first kappa shape index (κ1) is 18.7. The van der Waals surface area contributed by atoms with E-state index in [2.05, 4.69) is 10.6 Å². The summed E-state index contributed by atoms with van der Waals surface area (Å²) in [6.07, 6.45) is -0.0747. The molecule has 4 amide bonds. The maximum absolute atomic E-state index is 12.3. The molecule has 148 valence electrons. The van der Waals surface area contributed by atoms with Gasteiger partial charge in [-0.05, 0) is 43.7 Å². The van der Waals surface area contributed by atoms with Crippen LogP contribution in [0.2, 0.25) is 0 Å². The molecule has 0 aromatic heterocycles. The third kappa shape index (κ3) is 3.56. The minimum Gasteiger partial charge on any atom is -0.479 e. The van der Waals surface area contributed by atoms with Crippen LogP contribution in [0.4, 0.5) is 11.4 Å². The van der Waals surface area contributed by atoms with Crippen LogP contribution in [0.15, 0.2) is 42.5 Å². The Balaban J connectivity index is 1.31. The number of nitrogens with zero attached hydrogens (tertiary/aromatic N) is 1. The van der Waals surface area contributed by atoms with E-state index in [0.29, 0.717) is 34.7 Å². The van der Waals surface area contributed by atoms with Gasteiger partial charge in [-0.3, -0.25) is 24.1 Å². The summed E-state index contributed by atoms with van der Waals surface area (Å²) < 4.78 is 5.48. The highest BCUT2D eigenvalue weighted by atomic mass is 16.5. The number of carbonyl (C=O) groups excluding carboxylic acids is 4. The van der Waals surface area contributed by atoms with Gasteiger partial charge in [-0.1, -0.05) is 12.1 Å². The number of imide groups is 1. The highest BCUT2D eigenvalue weighted by Crippen LogP contribution is 2.32. The molecular formula is C21H19N3O5. The second-order valence-electron chi connectivity index (χ2n) is 6.92. The van der Waals surface area contributed by atoms with Crippen molar-refractivity contribution in [2.45, 2.75) is 25.9 Å². The summed E-state index contributed by atoms with van der Waals surface area (Å²) in [5, 5.41) is 5.47. The van der Waals surface area contributed by atoms with E-state index >= 15 is 0 Å². The molecule has 0 saturated heterocycles. The zero-order chi connectivity index (χ0) is 20.5. The first-order valence-corrected chi connectivity index (χ1v) is 9.30. The number of rotatable bonds is 5. The molecule has 29 heavy (non-hydrogen) atoms. The maximum atomic E-state index is 12.3. The molecule has 1 unspecified atom stereocenters.